The van der Waals surface area contributed by atoms with Gasteiger partial charge in [-0.05, 0) is 25.2 Å². The molecular weight excluding hydrogens is 204 g/mol. The molecule has 1 saturated heterocycles. The topological polar surface area (TPSA) is 55.6 Å². The lowest BCUT2D eigenvalue weighted by atomic mass is 9.83. The highest BCUT2D eigenvalue weighted by Crippen LogP contribution is 2.29. The molecule has 0 aromatic heterocycles. The van der Waals surface area contributed by atoms with Gasteiger partial charge in [0.1, 0.15) is 0 Å². The lowest BCUT2D eigenvalue weighted by Crippen LogP contribution is -2.51. The molecule has 0 aromatic carbocycles. The zero-order valence-corrected chi connectivity index (χ0v) is 9.86. The number of hydrogen-bond acceptors (Lipinski definition) is 3. The highest BCUT2D eigenvalue weighted by Gasteiger charge is 2.32. The van der Waals surface area contributed by atoms with Gasteiger partial charge in [0.2, 0.25) is 0 Å². The Morgan fingerprint density at radius 2 is 2.06 bits per heavy atom. The van der Waals surface area contributed by atoms with E-state index in [0.29, 0.717) is 19.1 Å². The van der Waals surface area contributed by atoms with Crippen LogP contribution in [-0.2, 0) is 4.74 Å². The van der Waals surface area contributed by atoms with Gasteiger partial charge in [-0.3, -0.25) is 0 Å². The lowest BCUT2D eigenvalue weighted by molar-refractivity contribution is 0.0383. The predicted octanol–water partition coefficient (Wildman–Crippen LogP) is 1.74. The molecule has 92 valence electrons. The van der Waals surface area contributed by atoms with E-state index in [2.05, 4.69) is 0 Å². The van der Waals surface area contributed by atoms with Crippen LogP contribution in [0.4, 0.5) is 4.79 Å². The van der Waals surface area contributed by atoms with Gasteiger partial charge in [-0.1, -0.05) is 19.3 Å². The third kappa shape index (κ3) is 2.48. The monoisotopic (exact) mass is 226 g/mol. The van der Waals surface area contributed by atoms with E-state index >= 15 is 0 Å². The summed E-state index contributed by atoms with van der Waals surface area (Å²) in [6.45, 7) is 1.95. The second kappa shape index (κ2) is 5.53. The predicted molar refractivity (Wildman–Crippen MR) is 62.1 cm³/mol. The molecule has 0 bridgehead atoms. The summed E-state index contributed by atoms with van der Waals surface area (Å²) in [5.41, 5.74) is 5.85. The largest absolute Gasteiger partial charge is 0.449 e. The van der Waals surface area contributed by atoms with E-state index in [-0.39, 0.29) is 12.1 Å². The average molecular weight is 226 g/mol. The standard InChI is InChI=1S/C12H22N2O2/c13-9-11(10-5-2-1-3-6-10)14-7-4-8-16-12(14)15/h10-11H,1-9,13H2. The van der Waals surface area contributed by atoms with Crippen LogP contribution in [0.2, 0.25) is 0 Å². The van der Waals surface area contributed by atoms with E-state index < -0.39 is 0 Å². The number of cyclic esters (lactones) is 1. The van der Waals surface area contributed by atoms with Gasteiger partial charge in [0, 0.05) is 13.1 Å². The van der Waals surface area contributed by atoms with Crippen molar-refractivity contribution in [3.8, 4) is 0 Å². The summed E-state index contributed by atoms with van der Waals surface area (Å²) in [4.78, 5) is 13.5. The van der Waals surface area contributed by atoms with Crippen LogP contribution in [0, 0.1) is 5.92 Å². The molecule has 1 unspecified atom stereocenters. The summed E-state index contributed by atoms with van der Waals surface area (Å²) >= 11 is 0. The molecule has 1 aliphatic heterocycles. The molecule has 16 heavy (non-hydrogen) atoms. The average Bonchev–Trinajstić information content (AvgIpc) is 2.34. The van der Waals surface area contributed by atoms with Crippen molar-refractivity contribution in [2.75, 3.05) is 19.7 Å². The van der Waals surface area contributed by atoms with E-state index in [9.17, 15) is 4.79 Å². The maximum atomic E-state index is 11.7. The number of ether oxygens (including phenoxy) is 1. The van der Waals surface area contributed by atoms with E-state index in [1.807, 2.05) is 4.90 Å². The Morgan fingerprint density at radius 3 is 2.69 bits per heavy atom. The molecule has 4 heteroatoms. The van der Waals surface area contributed by atoms with Crippen molar-refractivity contribution in [1.82, 2.24) is 4.90 Å². The van der Waals surface area contributed by atoms with Crippen LogP contribution in [0.5, 0.6) is 0 Å². The number of amides is 1. The fourth-order valence-corrected chi connectivity index (χ4v) is 2.96. The molecule has 2 fully saturated rings. The van der Waals surface area contributed by atoms with Crippen LogP contribution in [0.1, 0.15) is 38.5 Å². The van der Waals surface area contributed by atoms with Gasteiger partial charge in [0.15, 0.2) is 0 Å². The molecule has 1 heterocycles. The van der Waals surface area contributed by atoms with E-state index in [1.165, 1.54) is 32.1 Å². The van der Waals surface area contributed by atoms with Crippen molar-refractivity contribution in [3.05, 3.63) is 0 Å². The first-order chi connectivity index (χ1) is 7.83. The number of carbonyl (C=O) groups is 1. The molecule has 0 aromatic rings. The summed E-state index contributed by atoms with van der Waals surface area (Å²) in [6, 6.07) is 0.202. The van der Waals surface area contributed by atoms with Crippen LogP contribution < -0.4 is 5.73 Å². The second-order valence-corrected chi connectivity index (χ2v) is 4.86. The maximum Gasteiger partial charge on any atom is 0.410 e. The van der Waals surface area contributed by atoms with E-state index in [4.69, 9.17) is 10.5 Å². The molecule has 2 rings (SSSR count). The first kappa shape index (κ1) is 11.7. The normalized spacial score (nSPS) is 25.3. The molecule has 4 nitrogen and oxygen atoms in total. The summed E-state index contributed by atoms with van der Waals surface area (Å²) < 4.78 is 5.10. The van der Waals surface area contributed by atoms with Crippen LogP contribution in [0.15, 0.2) is 0 Å². The Balaban J connectivity index is 1.99. The molecule has 2 N–H and O–H groups in total. The van der Waals surface area contributed by atoms with Gasteiger partial charge in [-0.2, -0.15) is 0 Å². The van der Waals surface area contributed by atoms with Crippen molar-refractivity contribution in [2.45, 2.75) is 44.6 Å². The third-order valence-corrected chi connectivity index (χ3v) is 3.84. The molecule has 1 aliphatic carbocycles. The molecular formula is C12H22N2O2. The smallest absolute Gasteiger partial charge is 0.410 e. The van der Waals surface area contributed by atoms with Crippen molar-refractivity contribution in [2.24, 2.45) is 11.7 Å². The molecule has 1 saturated carbocycles. The Hall–Kier alpha value is -0.770. The number of carbonyl (C=O) groups excluding carboxylic acids is 1. The fraction of sp³-hybridized carbons (Fsp3) is 0.917. The minimum absolute atomic E-state index is 0.160. The number of nitrogens with two attached hydrogens (primary N) is 1. The zero-order valence-electron chi connectivity index (χ0n) is 9.86. The van der Waals surface area contributed by atoms with Gasteiger partial charge >= 0.3 is 6.09 Å². The van der Waals surface area contributed by atoms with Gasteiger partial charge in [0.25, 0.3) is 0 Å². The minimum atomic E-state index is -0.160. The minimum Gasteiger partial charge on any atom is -0.449 e. The molecule has 2 aliphatic rings. The first-order valence-corrected chi connectivity index (χ1v) is 6.46. The van der Waals surface area contributed by atoms with Gasteiger partial charge in [-0.25, -0.2) is 4.79 Å². The van der Waals surface area contributed by atoms with E-state index in [0.717, 1.165) is 13.0 Å². The van der Waals surface area contributed by atoms with Gasteiger partial charge < -0.3 is 15.4 Å². The van der Waals surface area contributed by atoms with Crippen LogP contribution in [0.25, 0.3) is 0 Å². The molecule has 1 amide bonds. The van der Waals surface area contributed by atoms with E-state index in [1.54, 1.807) is 0 Å². The Kier molecular flexibility index (Phi) is 4.04. The zero-order chi connectivity index (χ0) is 11.4. The maximum absolute atomic E-state index is 11.7. The van der Waals surface area contributed by atoms with Crippen molar-refractivity contribution < 1.29 is 9.53 Å². The van der Waals surface area contributed by atoms with Crippen LogP contribution in [0.3, 0.4) is 0 Å². The van der Waals surface area contributed by atoms with Crippen LogP contribution >= 0.6 is 0 Å². The quantitative estimate of drug-likeness (QED) is 0.797. The number of rotatable bonds is 3. The fourth-order valence-electron chi connectivity index (χ4n) is 2.96. The van der Waals surface area contributed by atoms with Gasteiger partial charge in [0.05, 0.1) is 12.6 Å². The third-order valence-electron chi connectivity index (χ3n) is 3.84. The summed E-state index contributed by atoms with van der Waals surface area (Å²) in [6.07, 6.45) is 7.10. The summed E-state index contributed by atoms with van der Waals surface area (Å²) in [7, 11) is 0. The Bertz CT molecular complexity index is 239. The second-order valence-electron chi connectivity index (χ2n) is 4.86. The molecule has 0 radical (unpaired) electrons. The Labute approximate surface area is 97.1 Å². The number of hydrogen-bond donors (Lipinski definition) is 1. The van der Waals surface area contributed by atoms with Crippen LogP contribution in [-0.4, -0.2) is 36.7 Å². The van der Waals surface area contributed by atoms with Crippen molar-refractivity contribution in [1.29, 1.82) is 0 Å². The SMILES string of the molecule is NCC(C1CCCCC1)N1CCCOC1=O. The van der Waals surface area contributed by atoms with Crippen molar-refractivity contribution in [3.63, 3.8) is 0 Å². The van der Waals surface area contributed by atoms with Gasteiger partial charge in [-0.15, -0.1) is 0 Å². The highest BCUT2D eigenvalue weighted by molar-refractivity contribution is 5.68. The molecule has 0 spiro atoms. The highest BCUT2D eigenvalue weighted by atomic mass is 16.6. The van der Waals surface area contributed by atoms with Crippen molar-refractivity contribution >= 4 is 6.09 Å². The Morgan fingerprint density at radius 1 is 1.31 bits per heavy atom. The lowest BCUT2D eigenvalue weighted by Gasteiger charge is -2.39. The summed E-state index contributed by atoms with van der Waals surface area (Å²) in [5.74, 6) is 0.587. The molecule has 1 atom stereocenters. The first-order valence-electron chi connectivity index (χ1n) is 6.46. The number of nitrogens with zero attached hydrogens (tertiary/aromatic N) is 1. The summed E-state index contributed by atoms with van der Waals surface area (Å²) in [5, 5.41) is 0.